The number of nitrogens with one attached hydrogen (secondary N) is 2. The van der Waals surface area contributed by atoms with E-state index in [1.54, 1.807) is 32.9 Å². The van der Waals surface area contributed by atoms with Gasteiger partial charge in [-0.15, -0.1) is 0 Å². The van der Waals surface area contributed by atoms with Gasteiger partial charge in [-0.3, -0.25) is 4.79 Å². The van der Waals surface area contributed by atoms with E-state index in [0.717, 1.165) is 5.56 Å². The molecule has 0 aliphatic heterocycles. The number of sulfonamides is 1. The molecule has 158 valence electrons. The maximum Gasteiger partial charge on any atom is 0.408 e. The summed E-state index contributed by atoms with van der Waals surface area (Å²) in [5.74, 6) is -0.402. The van der Waals surface area contributed by atoms with Gasteiger partial charge in [-0.1, -0.05) is 32.4 Å². The number of hydrogen-bond donors (Lipinski definition) is 3. The van der Waals surface area contributed by atoms with E-state index < -0.39 is 27.8 Å². The van der Waals surface area contributed by atoms with E-state index in [1.165, 1.54) is 12.1 Å². The topological polar surface area (TPSA) is 128 Å². The van der Waals surface area contributed by atoms with Gasteiger partial charge >= 0.3 is 6.09 Å². The van der Waals surface area contributed by atoms with Crippen LogP contribution in [-0.2, 0) is 26.0 Å². The van der Waals surface area contributed by atoms with Crippen LogP contribution in [-0.4, -0.2) is 38.6 Å². The molecule has 0 bridgehead atoms. The Bertz CT molecular complexity index is 787. The van der Waals surface area contributed by atoms with E-state index in [0.29, 0.717) is 12.8 Å². The standard InChI is InChI=1S/C19H31N3O5S/c1-6-13(2)16(22-18(24)27-19(3,4)5)17(23)21-11-10-14-8-7-9-15(12-14)28(20,25)26/h7-9,12-13,16H,6,10-11H2,1-5H3,(H,21,23)(H,22,24)(H2,20,25,26)/t13?,16-/m1/s1. The second kappa shape index (κ2) is 9.88. The van der Waals surface area contributed by atoms with Crippen molar-refractivity contribution in [3.63, 3.8) is 0 Å². The van der Waals surface area contributed by atoms with Crippen molar-refractivity contribution < 1.29 is 22.7 Å². The fourth-order valence-electron chi connectivity index (χ4n) is 2.45. The predicted octanol–water partition coefficient (Wildman–Crippen LogP) is 1.93. The number of carbonyl (C=O) groups is 2. The maximum absolute atomic E-state index is 12.6. The molecule has 28 heavy (non-hydrogen) atoms. The van der Waals surface area contributed by atoms with Crippen LogP contribution in [0.4, 0.5) is 4.79 Å². The van der Waals surface area contributed by atoms with Crippen molar-refractivity contribution in [2.45, 2.75) is 64.0 Å². The molecule has 2 amide bonds. The van der Waals surface area contributed by atoms with Crippen LogP contribution in [0, 0.1) is 5.92 Å². The summed E-state index contributed by atoms with van der Waals surface area (Å²) >= 11 is 0. The molecule has 0 aliphatic carbocycles. The Morgan fingerprint density at radius 1 is 1.25 bits per heavy atom. The van der Waals surface area contributed by atoms with Crippen molar-refractivity contribution >= 4 is 22.0 Å². The largest absolute Gasteiger partial charge is 0.444 e. The van der Waals surface area contributed by atoms with Gasteiger partial charge in [-0.05, 0) is 50.8 Å². The normalized spacial score (nSPS) is 14.1. The van der Waals surface area contributed by atoms with Crippen molar-refractivity contribution in [1.29, 1.82) is 0 Å². The van der Waals surface area contributed by atoms with Gasteiger partial charge in [0.15, 0.2) is 0 Å². The summed E-state index contributed by atoms with van der Waals surface area (Å²) in [6, 6.07) is 5.53. The molecule has 9 heteroatoms. The fraction of sp³-hybridized carbons (Fsp3) is 0.579. The molecule has 8 nitrogen and oxygen atoms in total. The van der Waals surface area contributed by atoms with Gasteiger partial charge in [0.05, 0.1) is 4.90 Å². The van der Waals surface area contributed by atoms with E-state index >= 15 is 0 Å². The molecular weight excluding hydrogens is 382 g/mol. The van der Waals surface area contributed by atoms with Gasteiger partial charge in [0.2, 0.25) is 15.9 Å². The minimum Gasteiger partial charge on any atom is -0.444 e. The summed E-state index contributed by atoms with van der Waals surface area (Å²) in [7, 11) is -3.77. The molecule has 2 atom stereocenters. The summed E-state index contributed by atoms with van der Waals surface area (Å²) < 4.78 is 28.1. The highest BCUT2D eigenvalue weighted by Crippen LogP contribution is 2.12. The number of ether oxygens (including phenoxy) is 1. The quantitative estimate of drug-likeness (QED) is 0.600. The van der Waals surface area contributed by atoms with Crippen molar-refractivity contribution in [3.05, 3.63) is 29.8 Å². The van der Waals surface area contributed by atoms with Gasteiger partial charge in [0, 0.05) is 6.54 Å². The average Bonchev–Trinajstić information content (AvgIpc) is 2.57. The van der Waals surface area contributed by atoms with Crippen LogP contribution in [0.2, 0.25) is 0 Å². The third kappa shape index (κ3) is 8.26. The van der Waals surface area contributed by atoms with Crippen LogP contribution in [0.5, 0.6) is 0 Å². The molecule has 1 aromatic rings. The van der Waals surface area contributed by atoms with Gasteiger partial charge in [0.25, 0.3) is 0 Å². The van der Waals surface area contributed by atoms with Gasteiger partial charge in [-0.2, -0.15) is 0 Å². The van der Waals surface area contributed by atoms with Crippen molar-refractivity contribution in [2.75, 3.05) is 6.54 Å². The molecule has 0 saturated carbocycles. The molecule has 0 heterocycles. The van der Waals surface area contributed by atoms with E-state index in [-0.39, 0.29) is 23.3 Å². The molecule has 1 aromatic carbocycles. The van der Waals surface area contributed by atoms with E-state index in [2.05, 4.69) is 10.6 Å². The van der Waals surface area contributed by atoms with Gasteiger partial charge in [0.1, 0.15) is 11.6 Å². The first kappa shape index (κ1) is 23.9. The lowest BCUT2D eigenvalue weighted by atomic mass is 9.98. The molecule has 0 saturated heterocycles. The van der Waals surface area contributed by atoms with Gasteiger partial charge < -0.3 is 15.4 Å². The molecule has 1 rings (SSSR count). The van der Waals surface area contributed by atoms with E-state index in [4.69, 9.17) is 9.88 Å². The molecule has 0 aromatic heterocycles. The van der Waals surface area contributed by atoms with E-state index in [1.807, 2.05) is 13.8 Å². The van der Waals surface area contributed by atoms with Crippen molar-refractivity contribution in [2.24, 2.45) is 11.1 Å². The number of benzene rings is 1. The highest BCUT2D eigenvalue weighted by atomic mass is 32.2. The zero-order chi connectivity index (χ0) is 21.5. The minimum absolute atomic E-state index is 0.0281. The van der Waals surface area contributed by atoms with Gasteiger partial charge in [-0.25, -0.2) is 18.4 Å². The van der Waals surface area contributed by atoms with Crippen LogP contribution < -0.4 is 15.8 Å². The Morgan fingerprint density at radius 2 is 1.89 bits per heavy atom. The zero-order valence-electron chi connectivity index (χ0n) is 17.1. The Hall–Kier alpha value is -2.13. The number of nitrogens with two attached hydrogens (primary N) is 1. The predicted molar refractivity (Wildman–Crippen MR) is 107 cm³/mol. The number of primary sulfonamides is 1. The van der Waals surface area contributed by atoms with Crippen LogP contribution in [0.3, 0.4) is 0 Å². The van der Waals surface area contributed by atoms with Crippen molar-refractivity contribution in [3.8, 4) is 0 Å². The number of carbonyl (C=O) groups excluding carboxylic acids is 2. The number of alkyl carbamates (subject to hydrolysis) is 1. The number of rotatable bonds is 8. The second-order valence-electron chi connectivity index (χ2n) is 7.74. The fourth-order valence-corrected chi connectivity index (χ4v) is 3.04. The molecule has 0 spiro atoms. The molecule has 0 fully saturated rings. The number of hydrogen-bond acceptors (Lipinski definition) is 5. The summed E-state index contributed by atoms with van der Waals surface area (Å²) in [4.78, 5) is 24.6. The molecule has 0 aliphatic rings. The first-order chi connectivity index (χ1) is 12.8. The van der Waals surface area contributed by atoms with Crippen LogP contribution >= 0.6 is 0 Å². The van der Waals surface area contributed by atoms with E-state index in [9.17, 15) is 18.0 Å². The Morgan fingerprint density at radius 3 is 2.43 bits per heavy atom. The highest BCUT2D eigenvalue weighted by Gasteiger charge is 2.28. The molecular formula is C19H31N3O5S. The highest BCUT2D eigenvalue weighted by molar-refractivity contribution is 7.89. The third-order valence-corrected chi connectivity index (χ3v) is 5.02. The maximum atomic E-state index is 12.6. The third-order valence-electron chi connectivity index (χ3n) is 4.11. The SMILES string of the molecule is CCC(C)[C@@H](NC(=O)OC(C)(C)C)C(=O)NCCc1cccc(S(N)(=O)=O)c1. The summed E-state index contributed by atoms with van der Waals surface area (Å²) in [6.45, 7) is 9.34. The lowest BCUT2D eigenvalue weighted by Crippen LogP contribution is -2.51. The van der Waals surface area contributed by atoms with Crippen LogP contribution in [0.15, 0.2) is 29.2 Å². The zero-order valence-corrected chi connectivity index (χ0v) is 17.9. The van der Waals surface area contributed by atoms with Crippen molar-refractivity contribution in [1.82, 2.24) is 10.6 Å². The Kier molecular flexibility index (Phi) is 8.44. The number of amides is 2. The first-order valence-electron chi connectivity index (χ1n) is 9.22. The monoisotopic (exact) mass is 413 g/mol. The summed E-state index contributed by atoms with van der Waals surface area (Å²) in [5.41, 5.74) is 0.0709. The molecule has 0 radical (unpaired) electrons. The molecule has 1 unspecified atom stereocenters. The average molecular weight is 414 g/mol. The smallest absolute Gasteiger partial charge is 0.408 e. The second-order valence-corrected chi connectivity index (χ2v) is 9.30. The Balaban J connectivity index is 2.70. The lowest BCUT2D eigenvalue weighted by molar-refractivity contribution is -0.124. The molecule has 4 N–H and O–H groups in total. The Labute approximate surface area is 167 Å². The first-order valence-corrected chi connectivity index (χ1v) is 10.8. The summed E-state index contributed by atoms with van der Waals surface area (Å²) in [6.07, 6.45) is 0.479. The van der Waals surface area contributed by atoms with Crippen LogP contribution in [0.25, 0.3) is 0 Å². The summed E-state index contributed by atoms with van der Waals surface area (Å²) in [5, 5.41) is 10.5. The lowest BCUT2D eigenvalue weighted by Gasteiger charge is -2.26. The van der Waals surface area contributed by atoms with Crippen LogP contribution in [0.1, 0.15) is 46.6 Å². The minimum atomic E-state index is -3.77.